The van der Waals surface area contributed by atoms with Gasteiger partial charge < -0.3 is 5.32 Å². The normalized spacial score (nSPS) is 13.3. The summed E-state index contributed by atoms with van der Waals surface area (Å²) in [7, 11) is -3.22. The van der Waals surface area contributed by atoms with Crippen molar-refractivity contribution in [2.75, 3.05) is 12.3 Å². The molecule has 0 bridgehead atoms. The average Bonchev–Trinajstić information content (AvgIpc) is 2.93. The van der Waals surface area contributed by atoms with Crippen molar-refractivity contribution < 1.29 is 8.42 Å². The Morgan fingerprint density at radius 3 is 2.55 bits per heavy atom. The van der Waals surface area contributed by atoms with E-state index in [4.69, 9.17) is 0 Å². The molecule has 0 fully saturated rings. The van der Waals surface area contributed by atoms with E-state index in [1.807, 2.05) is 24.4 Å². The van der Waals surface area contributed by atoms with Crippen LogP contribution in [0, 0.1) is 0 Å². The van der Waals surface area contributed by atoms with Crippen molar-refractivity contribution in [1.29, 1.82) is 0 Å². The van der Waals surface area contributed by atoms with Crippen LogP contribution in [-0.4, -0.2) is 20.7 Å². The molecule has 2 rings (SSSR count). The summed E-state index contributed by atoms with van der Waals surface area (Å²) in [5.74, 6) is 0.102. The first kappa shape index (κ1) is 15.7. The lowest BCUT2D eigenvalue weighted by atomic mass is 10.3. The number of hydrogen-bond donors (Lipinski definition) is 1. The molecule has 1 aromatic carbocycles. The third-order valence-corrected chi connectivity index (χ3v) is 6.28. The maximum atomic E-state index is 12.2. The van der Waals surface area contributed by atoms with E-state index in [0.717, 1.165) is 4.47 Å². The van der Waals surface area contributed by atoms with Crippen molar-refractivity contribution in [3.05, 3.63) is 51.1 Å². The van der Waals surface area contributed by atoms with Gasteiger partial charge in [0.15, 0.2) is 9.84 Å². The molecule has 1 heterocycles. The predicted molar refractivity (Wildman–Crippen MR) is 86.9 cm³/mol. The minimum atomic E-state index is -3.22. The lowest BCUT2D eigenvalue weighted by Crippen LogP contribution is -2.25. The van der Waals surface area contributed by atoms with Crippen molar-refractivity contribution >= 4 is 37.1 Å². The van der Waals surface area contributed by atoms with E-state index in [0.29, 0.717) is 11.4 Å². The molecule has 0 aliphatic carbocycles. The molecule has 0 unspecified atom stereocenters. The fourth-order valence-electron chi connectivity index (χ4n) is 1.81. The van der Waals surface area contributed by atoms with Gasteiger partial charge in [0.1, 0.15) is 0 Å². The van der Waals surface area contributed by atoms with Crippen molar-refractivity contribution in [3.8, 4) is 0 Å². The Hall–Kier alpha value is -0.690. The zero-order valence-corrected chi connectivity index (χ0v) is 14.3. The molecule has 6 heteroatoms. The van der Waals surface area contributed by atoms with Gasteiger partial charge in [-0.05, 0) is 42.6 Å². The highest BCUT2D eigenvalue weighted by molar-refractivity contribution is 9.10. The summed E-state index contributed by atoms with van der Waals surface area (Å²) < 4.78 is 25.2. The van der Waals surface area contributed by atoms with E-state index in [-0.39, 0.29) is 11.8 Å². The van der Waals surface area contributed by atoms with Gasteiger partial charge in [-0.3, -0.25) is 0 Å². The van der Waals surface area contributed by atoms with Gasteiger partial charge in [-0.15, -0.1) is 11.3 Å². The summed E-state index contributed by atoms with van der Waals surface area (Å²) in [5.41, 5.74) is 0. The van der Waals surface area contributed by atoms with Crippen LogP contribution in [0.2, 0.25) is 0 Å². The van der Waals surface area contributed by atoms with Gasteiger partial charge >= 0.3 is 0 Å². The Bertz CT molecular complexity index is 636. The molecule has 0 saturated carbocycles. The van der Waals surface area contributed by atoms with Crippen LogP contribution in [0.25, 0.3) is 0 Å². The molecule has 0 amide bonds. The van der Waals surface area contributed by atoms with E-state index in [1.165, 1.54) is 4.88 Å². The van der Waals surface area contributed by atoms with Gasteiger partial charge in [-0.25, -0.2) is 8.42 Å². The first-order valence-corrected chi connectivity index (χ1v) is 9.56. The second kappa shape index (κ2) is 6.85. The van der Waals surface area contributed by atoms with E-state index in [2.05, 4.69) is 21.2 Å². The number of halogens is 1. The van der Waals surface area contributed by atoms with Gasteiger partial charge in [0, 0.05) is 21.9 Å². The summed E-state index contributed by atoms with van der Waals surface area (Å²) in [4.78, 5) is 1.58. The molecule has 1 N–H and O–H groups in total. The fourth-order valence-corrected chi connectivity index (χ4v) is 4.00. The van der Waals surface area contributed by atoms with Gasteiger partial charge in [0.2, 0.25) is 0 Å². The molecule has 0 saturated heterocycles. The predicted octanol–water partition coefficient (Wildman–Crippen LogP) is 3.64. The van der Waals surface area contributed by atoms with Crippen molar-refractivity contribution in [3.63, 3.8) is 0 Å². The van der Waals surface area contributed by atoms with E-state index in [9.17, 15) is 8.42 Å². The monoisotopic (exact) mass is 373 g/mol. The first-order chi connectivity index (χ1) is 9.49. The summed E-state index contributed by atoms with van der Waals surface area (Å²) in [6.07, 6.45) is 0. The highest BCUT2D eigenvalue weighted by atomic mass is 79.9. The summed E-state index contributed by atoms with van der Waals surface area (Å²) in [6, 6.07) is 11.0. The van der Waals surface area contributed by atoms with Crippen molar-refractivity contribution in [2.45, 2.75) is 17.9 Å². The number of sulfone groups is 1. The third-order valence-electron chi connectivity index (χ3n) is 2.96. The van der Waals surface area contributed by atoms with Crippen LogP contribution in [0.3, 0.4) is 0 Å². The SMILES string of the molecule is C[C@H](NCCS(=O)(=O)c1ccc(Br)cc1)c1cccs1. The molecule has 0 spiro atoms. The van der Waals surface area contributed by atoms with Crippen LogP contribution in [0.1, 0.15) is 17.8 Å². The second-order valence-electron chi connectivity index (χ2n) is 4.46. The number of nitrogens with one attached hydrogen (secondary N) is 1. The molecule has 1 atom stereocenters. The number of benzene rings is 1. The van der Waals surface area contributed by atoms with Crippen LogP contribution in [0.4, 0.5) is 0 Å². The molecule has 20 heavy (non-hydrogen) atoms. The summed E-state index contributed by atoms with van der Waals surface area (Å²) in [6.45, 7) is 2.48. The van der Waals surface area contributed by atoms with Crippen molar-refractivity contribution in [2.24, 2.45) is 0 Å². The number of rotatable bonds is 6. The minimum absolute atomic E-state index is 0.102. The fraction of sp³-hybridized carbons (Fsp3) is 0.286. The Morgan fingerprint density at radius 1 is 1.25 bits per heavy atom. The molecule has 3 nitrogen and oxygen atoms in total. The van der Waals surface area contributed by atoms with Crippen molar-refractivity contribution in [1.82, 2.24) is 5.32 Å². The molecule has 2 aromatic rings. The number of hydrogen-bond acceptors (Lipinski definition) is 4. The van der Waals surface area contributed by atoms with E-state index >= 15 is 0 Å². The highest BCUT2D eigenvalue weighted by Crippen LogP contribution is 2.18. The zero-order valence-electron chi connectivity index (χ0n) is 11.0. The lowest BCUT2D eigenvalue weighted by Gasteiger charge is -2.12. The van der Waals surface area contributed by atoms with Crippen LogP contribution >= 0.6 is 27.3 Å². The van der Waals surface area contributed by atoms with Gasteiger partial charge in [0.25, 0.3) is 0 Å². The first-order valence-electron chi connectivity index (χ1n) is 6.24. The Morgan fingerprint density at radius 2 is 1.95 bits per heavy atom. The van der Waals surface area contributed by atoms with E-state index in [1.54, 1.807) is 35.6 Å². The van der Waals surface area contributed by atoms with Gasteiger partial charge in [-0.1, -0.05) is 22.0 Å². The summed E-state index contributed by atoms with van der Waals surface area (Å²) in [5, 5.41) is 5.26. The zero-order chi connectivity index (χ0) is 14.6. The summed E-state index contributed by atoms with van der Waals surface area (Å²) >= 11 is 4.97. The van der Waals surface area contributed by atoms with Crippen LogP contribution in [-0.2, 0) is 9.84 Å². The standard InChI is InChI=1S/C14H16BrNO2S2/c1-11(14-3-2-9-19-14)16-8-10-20(17,18)13-6-4-12(15)5-7-13/h2-7,9,11,16H,8,10H2,1H3/t11-/m0/s1. The molecule has 108 valence electrons. The van der Waals surface area contributed by atoms with Gasteiger partial charge in [-0.2, -0.15) is 0 Å². The topological polar surface area (TPSA) is 46.2 Å². The van der Waals surface area contributed by atoms with Crippen LogP contribution in [0.5, 0.6) is 0 Å². The maximum absolute atomic E-state index is 12.2. The third kappa shape index (κ3) is 4.15. The molecule has 0 aliphatic heterocycles. The number of thiophene rings is 1. The van der Waals surface area contributed by atoms with Gasteiger partial charge in [0.05, 0.1) is 10.6 Å². The average molecular weight is 374 g/mol. The quantitative estimate of drug-likeness (QED) is 0.840. The Kier molecular flexibility index (Phi) is 5.37. The Balaban J connectivity index is 1.91. The molecular weight excluding hydrogens is 358 g/mol. The Labute approximate surface area is 132 Å². The van der Waals surface area contributed by atoms with Crippen LogP contribution in [0.15, 0.2) is 51.1 Å². The lowest BCUT2D eigenvalue weighted by molar-refractivity contribution is 0.575. The molecule has 0 aliphatic rings. The van der Waals surface area contributed by atoms with E-state index < -0.39 is 9.84 Å². The second-order valence-corrected chi connectivity index (χ2v) is 8.47. The highest BCUT2D eigenvalue weighted by Gasteiger charge is 2.14. The smallest absolute Gasteiger partial charge is 0.179 e. The molecule has 1 aromatic heterocycles. The largest absolute Gasteiger partial charge is 0.308 e. The maximum Gasteiger partial charge on any atom is 0.179 e. The minimum Gasteiger partial charge on any atom is -0.308 e. The van der Waals surface area contributed by atoms with Crippen LogP contribution < -0.4 is 5.32 Å². The molecular formula is C14H16BrNO2S2. The molecule has 0 radical (unpaired) electrons.